The summed E-state index contributed by atoms with van der Waals surface area (Å²) in [5.74, 6) is -2.98. The number of Topliss-reactive ketones (excluding diaryl/α,β-unsaturated/α-hetero) is 1. The van der Waals surface area contributed by atoms with Gasteiger partial charge in [0.15, 0.2) is 0 Å². The topological polar surface area (TPSA) is 133 Å². The van der Waals surface area contributed by atoms with Crippen LogP contribution in [0.4, 0.5) is 0 Å². The van der Waals surface area contributed by atoms with Crippen LogP contribution in [0.3, 0.4) is 0 Å². The lowest BCUT2D eigenvalue weighted by atomic mass is 10.1. The Bertz CT molecular complexity index is 396. The molecule has 21 heavy (non-hydrogen) atoms. The molecule has 0 saturated heterocycles. The van der Waals surface area contributed by atoms with Crippen LogP contribution in [0.5, 0.6) is 0 Å². The molecule has 1 amide bonds. The molecule has 8 nitrogen and oxygen atoms in total. The van der Waals surface area contributed by atoms with Crippen molar-refractivity contribution >= 4 is 23.6 Å². The average molecular weight is 302 g/mol. The van der Waals surface area contributed by atoms with Gasteiger partial charge in [-0.1, -0.05) is 6.92 Å². The molecule has 0 heterocycles. The van der Waals surface area contributed by atoms with Crippen LogP contribution in [0.1, 0.15) is 39.5 Å². The maximum Gasteiger partial charge on any atom is 0.326 e. The summed E-state index contributed by atoms with van der Waals surface area (Å²) in [4.78, 5) is 44.3. The number of carboxylic acids is 2. The molecule has 0 rings (SSSR count). The van der Waals surface area contributed by atoms with Gasteiger partial charge in [-0.2, -0.15) is 0 Å². The van der Waals surface area contributed by atoms with E-state index in [0.717, 1.165) is 0 Å². The van der Waals surface area contributed by atoms with Crippen molar-refractivity contribution in [1.82, 2.24) is 10.6 Å². The Morgan fingerprint density at radius 1 is 0.952 bits per heavy atom. The highest BCUT2D eigenvalue weighted by Gasteiger charge is 2.22. The Balaban J connectivity index is 4.33. The van der Waals surface area contributed by atoms with Crippen molar-refractivity contribution in [3.8, 4) is 0 Å². The Hall–Kier alpha value is -1.96. The zero-order valence-corrected chi connectivity index (χ0v) is 12.2. The first-order valence-corrected chi connectivity index (χ1v) is 6.75. The number of likely N-dealkylation sites (N-methyl/N-ethyl adjacent to an activating group) is 1. The fourth-order valence-electron chi connectivity index (χ4n) is 1.71. The molecular formula is C13H22N2O6. The zero-order valence-electron chi connectivity index (χ0n) is 12.2. The van der Waals surface area contributed by atoms with Crippen molar-refractivity contribution in [2.24, 2.45) is 0 Å². The molecule has 0 aliphatic rings. The smallest absolute Gasteiger partial charge is 0.326 e. The number of nitrogens with one attached hydrogen (secondary N) is 2. The highest BCUT2D eigenvalue weighted by molar-refractivity contribution is 5.85. The summed E-state index contributed by atoms with van der Waals surface area (Å²) >= 11 is 0. The third-order valence-corrected chi connectivity index (χ3v) is 2.83. The lowest BCUT2D eigenvalue weighted by Gasteiger charge is -2.16. The van der Waals surface area contributed by atoms with Crippen molar-refractivity contribution in [3.05, 3.63) is 0 Å². The number of hydrogen-bond acceptors (Lipinski definition) is 5. The number of aliphatic carboxylic acids is 2. The van der Waals surface area contributed by atoms with Crippen LogP contribution < -0.4 is 10.6 Å². The van der Waals surface area contributed by atoms with E-state index >= 15 is 0 Å². The van der Waals surface area contributed by atoms with E-state index in [0.29, 0.717) is 6.54 Å². The van der Waals surface area contributed by atoms with Gasteiger partial charge in [-0.15, -0.1) is 0 Å². The summed E-state index contributed by atoms with van der Waals surface area (Å²) in [6.07, 6.45) is 0.0419. The van der Waals surface area contributed by atoms with Crippen LogP contribution in [-0.2, 0) is 19.2 Å². The maximum absolute atomic E-state index is 11.7. The van der Waals surface area contributed by atoms with E-state index < -0.39 is 29.9 Å². The van der Waals surface area contributed by atoms with E-state index in [1.165, 1.54) is 6.92 Å². The van der Waals surface area contributed by atoms with Crippen LogP contribution in [0, 0.1) is 0 Å². The second-order valence-electron chi connectivity index (χ2n) is 4.69. The molecule has 0 aromatic carbocycles. The molecule has 0 bridgehead atoms. The van der Waals surface area contributed by atoms with E-state index in [4.69, 9.17) is 10.2 Å². The first-order valence-electron chi connectivity index (χ1n) is 6.75. The molecule has 0 spiro atoms. The number of carboxylic acid groups (broad SMARTS) is 2. The molecule has 0 saturated carbocycles. The molecule has 0 aliphatic carbocycles. The highest BCUT2D eigenvalue weighted by atomic mass is 16.4. The molecule has 2 atom stereocenters. The number of carbonyl (C=O) groups excluding carboxylic acids is 2. The predicted octanol–water partition coefficient (Wildman–Crippen LogP) is -0.232. The standard InChI is InChI=1S/C13H22N2O6/c1-3-14-9(12(18)19)6-7-11(17)15-10(13(20)21)5-4-8(2)16/h9-10,14H,3-7H2,1-2H3,(H,15,17)(H,18,19)(H,20,21)/t9-,10+/m0/s1. The highest BCUT2D eigenvalue weighted by Crippen LogP contribution is 2.02. The quantitative estimate of drug-likeness (QED) is 0.414. The van der Waals surface area contributed by atoms with Crippen molar-refractivity contribution in [3.63, 3.8) is 0 Å². The summed E-state index contributed by atoms with van der Waals surface area (Å²) in [6, 6.07) is -1.98. The van der Waals surface area contributed by atoms with Gasteiger partial charge in [0.1, 0.15) is 17.9 Å². The summed E-state index contributed by atoms with van der Waals surface area (Å²) in [6.45, 7) is 3.54. The van der Waals surface area contributed by atoms with Gasteiger partial charge >= 0.3 is 11.9 Å². The molecular weight excluding hydrogens is 280 g/mol. The second-order valence-corrected chi connectivity index (χ2v) is 4.69. The molecule has 0 aromatic heterocycles. The van der Waals surface area contributed by atoms with Gasteiger partial charge in [0.25, 0.3) is 0 Å². The first kappa shape index (κ1) is 19.0. The number of amides is 1. The molecule has 0 radical (unpaired) electrons. The monoisotopic (exact) mass is 302 g/mol. The third kappa shape index (κ3) is 8.74. The zero-order chi connectivity index (χ0) is 16.4. The van der Waals surface area contributed by atoms with E-state index in [1.807, 2.05) is 0 Å². The Morgan fingerprint density at radius 3 is 1.90 bits per heavy atom. The fraction of sp³-hybridized carbons (Fsp3) is 0.692. The van der Waals surface area contributed by atoms with E-state index in [9.17, 15) is 19.2 Å². The molecule has 0 aromatic rings. The Kier molecular flexibility index (Phi) is 8.95. The van der Waals surface area contributed by atoms with E-state index in [-0.39, 0.29) is 31.5 Å². The average Bonchev–Trinajstić information content (AvgIpc) is 2.38. The first-order chi connectivity index (χ1) is 9.77. The minimum absolute atomic E-state index is 0.0198. The van der Waals surface area contributed by atoms with Gasteiger partial charge < -0.3 is 25.6 Å². The van der Waals surface area contributed by atoms with Gasteiger partial charge in [0.05, 0.1) is 0 Å². The Labute approximate surface area is 122 Å². The van der Waals surface area contributed by atoms with Gasteiger partial charge in [-0.25, -0.2) is 4.79 Å². The van der Waals surface area contributed by atoms with Crippen molar-refractivity contribution in [2.75, 3.05) is 6.54 Å². The predicted molar refractivity (Wildman–Crippen MR) is 73.8 cm³/mol. The van der Waals surface area contributed by atoms with Crippen molar-refractivity contribution in [1.29, 1.82) is 0 Å². The van der Waals surface area contributed by atoms with E-state index in [2.05, 4.69) is 10.6 Å². The van der Waals surface area contributed by atoms with Crippen LogP contribution in [0.15, 0.2) is 0 Å². The number of ketones is 1. The van der Waals surface area contributed by atoms with Crippen molar-refractivity contribution < 1.29 is 29.4 Å². The molecule has 8 heteroatoms. The van der Waals surface area contributed by atoms with Crippen LogP contribution >= 0.6 is 0 Å². The summed E-state index contributed by atoms with van der Waals surface area (Å²) in [7, 11) is 0. The molecule has 0 aliphatic heterocycles. The molecule has 120 valence electrons. The number of carbonyl (C=O) groups is 4. The lowest BCUT2D eigenvalue weighted by molar-refractivity contribution is -0.143. The number of rotatable bonds is 11. The minimum Gasteiger partial charge on any atom is -0.480 e. The molecule has 4 N–H and O–H groups in total. The van der Waals surface area contributed by atoms with E-state index in [1.54, 1.807) is 6.92 Å². The second kappa shape index (κ2) is 9.87. The van der Waals surface area contributed by atoms with Gasteiger partial charge in [0, 0.05) is 12.8 Å². The SMILES string of the molecule is CCN[C@@H](CCC(=O)N[C@H](CCC(C)=O)C(=O)O)C(=O)O. The molecule has 0 fully saturated rings. The van der Waals surface area contributed by atoms with Gasteiger partial charge in [-0.3, -0.25) is 9.59 Å². The lowest BCUT2D eigenvalue weighted by Crippen LogP contribution is -2.42. The van der Waals surface area contributed by atoms with Crippen LogP contribution in [-0.4, -0.2) is 52.5 Å². The third-order valence-electron chi connectivity index (χ3n) is 2.83. The summed E-state index contributed by atoms with van der Waals surface area (Å²) in [5, 5.41) is 22.9. The number of hydrogen-bond donors (Lipinski definition) is 4. The summed E-state index contributed by atoms with van der Waals surface area (Å²) < 4.78 is 0. The van der Waals surface area contributed by atoms with Gasteiger partial charge in [-0.05, 0) is 26.3 Å². The Morgan fingerprint density at radius 2 is 1.48 bits per heavy atom. The largest absolute Gasteiger partial charge is 0.480 e. The summed E-state index contributed by atoms with van der Waals surface area (Å²) in [5.41, 5.74) is 0. The van der Waals surface area contributed by atoms with Crippen LogP contribution in [0.2, 0.25) is 0 Å². The normalized spacial score (nSPS) is 13.2. The van der Waals surface area contributed by atoms with Crippen LogP contribution in [0.25, 0.3) is 0 Å². The molecule has 0 unspecified atom stereocenters. The fourth-order valence-corrected chi connectivity index (χ4v) is 1.71. The van der Waals surface area contributed by atoms with Crippen molar-refractivity contribution in [2.45, 2.75) is 51.6 Å². The van der Waals surface area contributed by atoms with Gasteiger partial charge in [0.2, 0.25) is 5.91 Å². The minimum atomic E-state index is -1.22. The maximum atomic E-state index is 11.7.